The van der Waals surface area contributed by atoms with Crippen molar-refractivity contribution < 1.29 is 13.9 Å². The average Bonchev–Trinajstić information content (AvgIpc) is 2.80. The Hall–Kier alpha value is -1.96. The number of alkyl halides is 1. The van der Waals surface area contributed by atoms with Crippen LogP contribution in [0.1, 0.15) is 36.0 Å². The van der Waals surface area contributed by atoms with Crippen LogP contribution in [0.3, 0.4) is 0 Å². The number of halogens is 2. The SMILES string of the molecule is Nc1c(Cl)cc(C(=O)NCC2(C(F)C3CCOCC3)CCNCC2)c2ncccc12. The van der Waals surface area contributed by atoms with Crippen molar-refractivity contribution in [2.24, 2.45) is 11.3 Å². The normalized spacial score (nSPS) is 20.7. The molecule has 0 saturated carbocycles. The molecule has 2 aromatic rings. The first kappa shape index (κ1) is 21.3. The highest BCUT2D eigenvalue weighted by atomic mass is 35.5. The molecule has 2 fully saturated rings. The van der Waals surface area contributed by atoms with Gasteiger partial charge in [0.05, 0.1) is 21.8 Å². The molecule has 3 heterocycles. The van der Waals surface area contributed by atoms with Crippen LogP contribution in [0, 0.1) is 11.3 Å². The molecule has 8 heteroatoms. The van der Waals surface area contributed by atoms with Crippen molar-refractivity contribution in [2.75, 3.05) is 38.6 Å². The number of rotatable bonds is 5. The van der Waals surface area contributed by atoms with E-state index in [0.29, 0.717) is 53.2 Å². The van der Waals surface area contributed by atoms with Gasteiger partial charge in [0.15, 0.2) is 0 Å². The molecule has 1 amide bonds. The molecule has 1 unspecified atom stereocenters. The molecule has 30 heavy (non-hydrogen) atoms. The van der Waals surface area contributed by atoms with Crippen molar-refractivity contribution in [2.45, 2.75) is 31.9 Å². The minimum atomic E-state index is -0.978. The number of piperidine rings is 1. The second-order valence-electron chi connectivity index (χ2n) is 8.37. The minimum absolute atomic E-state index is 0.0257. The lowest BCUT2D eigenvalue weighted by atomic mass is 9.69. The number of nitrogens with two attached hydrogens (primary N) is 1. The van der Waals surface area contributed by atoms with Crippen LogP contribution in [0.25, 0.3) is 10.9 Å². The van der Waals surface area contributed by atoms with E-state index >= 15 is 4.39 Å². The number of amides is 1. The predicted octanol–water partition coefficient (Wildman–Crippen LogP) is 3.33. The third-order valence-corrected chi connectivity index (χ3v) is 6.90. The maximum atomic E-state index is 15.8. The lowest BCUT2D eigenvalue weighted by Crippen LogP contribution is -2.52. The standard InChI is InChI=1S/C22H28ClFN4O2/c23-17-12-16(19-15(18(17)25)2-1-7-27-19)21(29)28-13-22(5-8-26-9-6-22)20(24)14-3-10-30-11-4-14/h1-2,7,12,14,20,26H,3-6,8-11,13,25H2,(H,28,29). The molecule has 4 N–H and O–H groups in total. The van der Waals surface area contributed by atoms with Crippen LogP contribution in [0.4, 0.5) is 10.1 Å². The average molecular weight is 435 g/mol. The van der Waals surface area contributed by atoms with E-state index in [1.165, 1.54) is 0 Å². The van der Waals surface area contributed by atoms with Gasteiger partial charge in [-0.3, -0.25) is 9.78 Å². The maximum absolute atomic E-state index is 15.8. The quantitative estimate of drug-likeness (QED) is 0.628. The van der Waals surface area contributed by atoms with E-state index in [-0.39, 0.29) is 18.4 Å². The third kappa shape index (κ3) is 4.11. The van der Waals surface area contributed by atoms with Crippen molar-refractivity contribution in [3.05, 3.63) is 35.0 Å². The summed E-state index contributed by atoms with van der Waals surface area (Å²) in [5.41, 5.74) is 6.72. The van der Waals surface area contributed by atoms with Gasteiger partial charge in [-0.1, -0.05) is 11.6 Å². The summed E-state index contributed by atoms with van der Waals surface area (Å²) in [6, 6.07) is 5.09. The molecule has 1 aromatic heterocycles. The fourth-order valence-electron chi connectivity index (χ4n) is 4.75. The predicted molar refractivity (Wildman–Crippen MR) is 116 cm³/mol. The van der Waals surface area contributed by atoms with Crippen LogP contribution in [0.5, 0.6) is 0 Å². The molecule has 2 saturated heterocycles. The van der Waals surface area contributed by atoms with E-state index < -0.39 is 11.6 Å². The number of hydrogen-bond donors (Lipinski definition) is 3. The number of nitrogen functional groups attached to an aromatic ring is 1. The number of ether oxygens (including phenoxy) is 1. The fraction of sp³-hybridized carbons (Fsp3) is 0.545. The number of carbonyl (C=O) groups is 1. The number of pyridine rings is 1. The highest BCUT2D eigenvalue weighted by molar-refractivity contribution is 6.35. The van der Waals surface area contributed by atoms with E-state index in [1.807, 2.05) is 0 Å². The van der Waals surface area contributed by atoms with Crippen molar-refractivity contribution in [1.82, 2.24) is 15.6 Å². The number of nitrogens with one attached hydrogen (secondary N) is 2. The number of carbonyl (C=O) groups excluding carboxylic acids is 1. The Morgan fingerprint density at radius 3 is 2.87 bits per heavy atom. The minimum Gasteiger partial charge on any atom is -0.397 e. The molecule has 4 rings (SSSR count). The number of nitrogens with zero attached hydrogens (tertiary/aromatic N) is 1. The van der Waals surface area contributed by atoms with Crippen LogP contribution in [-0.2, 0) is 4.74 Å². The van der Waals surface area contributed by atoms with Crippen molar-refractivity contribution in [3.63, 3.8) is 0 Å². The lowest BCUT2D eigenvalue weighted by Gasteiger charge is -2.44. The van der Waals surface area contributed by atoms with Crippen molar-refractivity contribution >= 4 is 34.1 Å². The molecule has 2 aliphatic rings. The van der Waals surface area contributed by atoms with Gasteiger partial charge in [-0.25, -0.2) is 4.39 Å². The van der Waals surface area contributed by atoms with Crippen LogP contribution in [0.15, 0.2) is 24.4 Å². The topological polar surface area (TPSA) is 89.3 Å². The van der Waals surface area contributed by atoms with Crippen molar-refractivity contribution in [3.8, 4) is 0 Å². The number of benzene rings is 1. The Morgan fingerprint density at radius 2 is 2.13 bits per heavy atom. The Bertz CT molecular complexity index is 913. The van der Waals surface area contributed by atoms with E-state index in [2.05, 4.69) is 15.6 Å². The number of fused-ring (bicyclic) bond motifs is 1. The smallest absolute Gasteiger partial charge is 0.253 e. The third-order valence-electron chi connectivity index (χ3n) is 6.59. The first-order chi connectivity index (χ1) is 14.5. The number of anilines is 1. The number of hydrogen-bond acceptors (Lipinski definition) is 5. The zero-order valence-corrected chi connectivity index (χ0v) is 17.7. The molecule has 0 bridgehead atoms. The molecule has 162 valence electrons. The summed E-state index contributed by atoms with van der Waals surface area (Å²) in [6.45, 7) is 2.98. The van der Waals surface area contributed by atoms with E-state index in [9.17, 15) is 4.79 Å². The summed E-state index contributed by atoms with van der Waals surface area (Å²) < 4.78 is 21.2. The van der Waals surface area contributed by atoms with Gasteiger partial charge < -0.3 is 21.1 Å². The Balaban J connectivity index is 1.56. The van der Waals surface area contributed by atoms with E-state index in [4.69, 9.17) is 22.1 Å². The van der Waals surface area contributed by atoms with Gasteiger partial charge in [0, 0.05) is 36.8 Å². The van der Waals surface area contributed by atoms with Crippen LogP contribution in [0.2, 0.25) is 5.02 Å². The van der Waals surface area contributed by atoms with Gasteiger partial charge in [-0.05, 0) is 62.9 Å². The summed E-state index contributed by atoms with van der Waals surface area (Å²) in [5.74, 6) is -0.333. The molecule has 0 spiro atoms. The van der Waals surface area contributed by atoms with Gasteiger partial charge in [-0.2, -0.15) is 0 Å². The second-order valence-corrected chi connectivity index (χ2v) is 8.77. The van der Waals surface area contributed by atoms with E-state index in [1.54, 1.807) is 24.4 Å². The first-order valence-corrected chi connectivity index (χ1v) is 10.9. The van der Waals surface area contributed by atoms with E-state index in [0.717, 1.165) is 25.9 Å². The lowest BCUT2D eigenvalue weighted by molar-refractivity contribution is -0.0248. The summed E-state index contributed by atoms with van der Waals surface area (Å²) in [4.78, 5) is 17.4. The zero-order valence-electron chi connectivity index (χ0n) is 16.9. The van der Waals surface area contributed by atoms with Crippen LogP contribution < -0.4 is 16.4 Å². The molecule has 0 aliphatic carbocycles. The van der Waals surface area contributed by atoms with Gasteiger partial charge in [0.25, 0.3) is 5.91 Å². The zero-order chi connectivity index (χ0) is 21.1. The Morgan fingerprint density at radius 1 is 1.40 bits per heavy atom. The fourth-order valence-corrected chi connectivity index (χ4v) is 4.96. The Labute approximate surface area is 180 Å². The molecular weight excluding hydrogens is 407 g/mol. The summed E-state index contributed by atoms with van der Waals surface area (Å²) in [5, 5.41) is 7.24. The van der Waals surface area contributed by atoms with Crippen molar-refractivity contribution in [1.29, 1.82) is 0 Å². The molecule has 6 nitrogen and oxygen atoms in total. The molecule has 0 radical (unpaired) electrons. The van der Waals surface area contributed by atoms with Gasteiger partial charge in [0.2, 0.25) is 0 Å². The van der Waals surface area contributed by atoms with Gasteiger partial charge in [0.1, 0.15) is 6.17 Å². The Kier molecular flexibility index (Phi) is 6.41. The summed E-state index contributed by atoms with van der Waals surface area (Å²) >= 11 is 6.25. The number of aromatic nitrogens is 1. The molecule has 1 aromatic carbocycles. The monoisotopic (exact) mass is 434 g/mol. The highest BCUT2D eigenvalue weighted by Crippen LogP contribution is 2.41. The van der Waals surface area contributed by atoms with Crippen LogP contribution in [-0.4, -0.2) is 49.9 Å². The first-order valence-electron chi connectivity index (χ1n) is 10.6. The molecule has 1 atom stereocenters. The summed E-state index contributed by atoms with van der Waals surface area (Å²) in [7, 11) is 0. The highest BCUT2D eigenvalue weighted by Gasteiger charge is 2.44. The summed E-state index contributed by atoms with van der Waals surface area (Å²) in [6.07, 6.45) is 3.47. The van der Waals surface area contributed by atoms with Gasteiger partial charge >= 0.3 is 0 Å². The van der Waals surface area contributed by atoms with Crippen LogP contribution >= 0.6 is 11.6 Å². The molecular formula is C22H28ClFN4O2. The largest absolute Gasteiger partial charge is 0.397 e. The second kappa shape index (κ2) is 9.04. The van der Waals surface area contributed by atoms with Gasteiger partial charge in [-0.15, -0.1) is 0 Å². The molecule has 2 aliphatic heterocycles. The maximum Gasteiger partial charge on any atom is 0.253 e.